The molecule has 2 aliphatic carbocycles. The van der Waals surface area contributed by atoms with Crippen molar-refractivity contribution < 1.29 is 14.0 Å². The summed E-state index contributed by atoms with van der Waals surface area (Å²) in [6.07, 6.45) is 4.80. The van der Waals surface area contributed by atoms with Crippen LogP contribution < -0.4 is 16.8 Å². The Hall–Kier alpha value is -1.66. The summed E-state index contributed by atoms with van der Waals surface area (Å²) < 4.78 is 13.9. The maximum atomic E-state index is 13.9. The zero-order valence-electron chi connectivity index (χ0n) is 13.3. The molecule has 2 saturated carbocycles. The SMILES string of the molecule is Cl.NC(=O)c1ccc(F)c(NC(=O)C2CC3CCCC(C2)C3N)c1. The van der Waals surface area contributed by atoms with E-state index >= 15 is 0 Å². The Morgan fingerprint density at radius 2 is 1.79 bits per heavy atom. The van der Waals surface area contributed by atoms with Gasteiger partial charge >= 0.3 is 0 Å². The second kappa shape index (κ2) is 7.49. The lowest BCUT2D eigenvalue weighted by Crippen LogP contribution is -2.48. The molecule has 132 valence electrons. The first-order valence-corrected chi connectivity index (χ1v) is 8.11. The highest BCUT2D eigenvalue weighted by Crippen LogP contribution is 2.42. The number of carbonyl (C=O) groups is 2. The average molecular weight is 356 g/mol. The molecular formula is C17H23ClFN3O2. The van der Waals surface area contributed by atoms with Gasteiger partial charge in [-0.15, -0.1) is 12.4 Å². The standard InChI is InChI=1S/C17H22FN3O2.ClH/c18-13-5-4-11(16(20)22)8-14(13)21-17(23)12-6-9-2-1-3-10(7-12)15(9)19;/h4-5,8-10,12,15H,1-3,6-7,19H2,(H2,20,22)(H,21,23);1H. The third-order valence-corrected chi connectivity index (χ3v) is 5.29. The Bertz CT molecular complexity index is 626. The molecule has 2 unspecified atom stereocenters. The maximum absolute atomic E-state index is 13.9. The van der Waals surface area contributed by atoms with Crippen molar-refractivity contribution in [2.75, 3.05) is 5.32 Å². The number of hydrogen-bond acceptors (Lipinski definition) is 3. The molecule has 0 saturated heterocycles. The van der Waals surface area contributed by atoms with Crippen molar-refractivity contribution in [2.45, 2.75) is 38.1 Å². The number of nitrogens with one attached hydrogen (secondary N) is 1. The van der Waals surface area contributed by atoms with Crippen molar-refractivity contribution in [3.8, 4) is 0 Å². The van der Waals surface area contributed by atoms with Crippen LogP contribution in [0, 0.1) is 23.6 Å². The Morgan fingerprint density at radius 1 is 1.17 bits per heavy atom. The first-order valence-electron chi connectivity index (χ1n) is 8.11. The van der Waals surface area contributed by atoms with Crippen molar-refractivity contribution in [1.29, 1.82) is 0 Å². The second-order valence-corrected chi connectivity index (χ2v) is 6.74. The van der Waals surface area contributed by atoms with Gasteiger partial charge in [0, 0.05) is 17.5 Å². The normalized spacial score (nSPS) is 28.6. The third-order valence-electron chi connectivity index (χ3n) is 5.29. The van der Waals surface area contributed by atoms with Crippen LogP contribution in [-0.4, -0.2) is 17.9 Å². The summed E-state index contributed by atoms with van der Waals surface area (Å²) in [5.41, 5.74) is 11.6. The predicted octanol–water partition coefficient (Wildman–Crippen LogP) is 2.44. The van der Waals surface area contributed by atoms with E-state index in [1.54, 1.807) is 0 Å². The zero-order valence-corrected chi connectivity index (χ0v) is 14.2. The van der Waals surface area contributed by atoms with E-state index < -0.39 is 11.7 Å². The summed E-state index contributed by atoms with van der Waals surface area (Å²) in [4.78, 5) is 23.7. The molecule has 5 N–H and O–H groups in total. The highest BCUT2D eigenvalue weighted by Gasteiger charge is 2.40. The molecule has 0 aromatic heterocycles. The molecule has 2 fully saturated rings. The maximum Gasteiger partial charge on any atom is 0.248 e. The Balaban J connectivity index is 0.00000208. The van der Waals surface area contributed by atoms with E-state index in [1.165, 1.54) is 18.6 Å². The van der Waals surface area contributed by atoms with Crippen LogP contribution in [0.15, 0.2) is 18.2 Å². The van der Waals surface area contributed by atoms with E-state index in [1.807, 2.05) is 0 Å². The van der Waals surface area contributed by atoms with Gasteiger partial charge in [0.15, 0.2) is 0 Å². The van der Waals surface area contributed by atoms with E-state index in [9.17, 15) is 14.0 Å². The number of fused-ring (bicyclic) bond motifs is 2. The van der Waals surface area contributed by atoms with E-state index in [-0.39, 0.29) is 41.5 Å². The fourth-order valence-corrected chi connectivity index (χ4v) is 4.01. The number of hydrogen-bond donors (Lipinski definition) is 3. The fraction of sp³-hybridized carbons (Fsp3) is 0.529. The number of anilines is 1. The topological polar surface area (TPSA) is 98.2 Å². The molecule has 0 spiro atoms. The molecule has 2 atom stereocenters. The lowest BCUT2D eigenvalue weighted by atomic mass is 9.65. The number of primary amides is 1. The first kappa shape index (κ1) is 18.7. The van der Waals surface area contributed by atoms with Crippen LogP contribution in [0.25, 0.3) is 0 Å². The van der Waals surface area contributed by atoms with E-state index in [2.05, 4.69) is 5.32 Å². The summed E-state index contributed by atoms with van der Waals surface area (Å²) in [5, 5.41) is 2.62. The zero-order chi connectivity index (χ0) is 16.6. The molecule has 1 aromatic rings. The summed E-state index contributed by atoms with van der Waals surface area (Å²) in [6.45, 7) is 0. The van der Waals surface area contributed by atoms with Crippen molar-refractivity contribution in [2.24, 2.45) is 29.2 Å². The van der Waals surface area contributed by atoms with Gasteiger partial charge in [0.25, 0.3) is 0 Å². The van der Waals surface area contributed by atoms with E-state index in [0.717, 1.165) is 31.7 Å². The van der Waals surface area contributed by atoms with Crippen LogP contribution in [0.4, 0.5) is 10.1 Å². The van der Waals surface area contributed by atoms with Crippen LogP contribution >= 0.6 is 12.4 Å². The fourth-order valence-electron chi connectivity index (χ4n) is 4.01. The van der Waals surface area contributed by atoms with Crippen LogP contribution in [0.5, 0.6) is 0 Å². The molecule has 7 heteroatoms. The predicted molar refractivity (Wildman–Crippen MR) is 92.3 cm³/mol. The molecule has 2 amide bonds. The van der Waals surface area contributed by atoms with Crippen LogP contribution in [-0.2, 0) is 4.79 Å². The quantitative estimate of drug-likeness (QED) is 0.776. The summed E-state index contributed by atoms with van der Waals surface area (Å²) in [5.74, 6) is -0.828. The Labute approximate surface area is 146 Å². The minimum absolute atomic E-state index is 0. The number of halogens is 2. The average Bonchev–Trinajstić information content (AvgIpc) is 2.48. The van der Waals surface area contributed by atoms with Gasteiger partial charge in [-0.2, -0.15) is 0 Å². The summed E-state index contributed by atoms with van der Waals surface area (Å²) in [6, 6.07) is 3.91. The monoisotopic (exact) mass is 355 g/mol. The summed E-state index contributed by atoms with van der Waals surface area (Å²) in [7, 11) is 0. The molecule has 2 aliphatic rings. The van der Waals surface area contributed by atoms with Crippen LogP contribution in [0.2, 0.25) is 0 Å². The minimum atomic E-state index is -0.654. The van der Waals surface area contributed by atoms with Gasteiger partial charge in [0.2, 0.25) is 11.8 Å². The lowest BCUT2D eigenvalue weighted by Gasteiger charge is -2.43. The minimum Gasteiger partial charge on any atom is -0.366 e. The molecule has 2 bridgehead atoms. The van der Waals surface area contributed by atoms with Gasteiger partial charge in [0.1, 0.15) is 5.82 Å². The smallest absolute Gasteiger partial charge is 0.248 e. The largest absolute Gasteiger partial charge is 0.366 e. The second-order valence-electron chi connectivity index (χ2n) is 6.74. The molecule has 0 aliphatic heterocycles. The molecule has 24 heavy (non-hydrogen) atoms. The first-order chi connectivity index (χ1) is 11.0. The van der Waals surface area contributed by atoms with Gasteiger partial charge < -0.3 is 16.8 Å². The van der Waals surface area contributed by atoms with Crippen molar-refractivity contribution >= 4 is 29.9 Å². The highest BCUT2D eigenvalue weighted by molar-refractivity contribution is 5.97. The van der Waals surface area contributed by atoms with Crippen molar-refractivity contribution in [3.05, 3.63) is 29.6 Å². The number of carbonyl (C=O) groups excluding carboxylic acids is 2. The van der Waals surface area contributed by atoms with Gasteiger partial charge in [0.05, 0.1) is 5.69 Å². The Morgan fingerprint density at radius 3 is 2.38 bits per heavy atom. The number of benzene rings is 1. The molecule has 1 aromatic carbocycles. The van der Waals surface area contributed by atoms with Gasteiger partial charge in [-0.05, 0) is 55.7 Å². The van der Waals surface area contributed by atoms with Gasteiger partial charge in [-0.3, -0.25) is 9.59 Å². The lowest BCUT2D eigenvalue weighted by molar-refractivity contribution is -0.122. The molecule has 0 heterocycles. The molecular weight excluding hydrogens is 333 g/mol. The molecule has 5 nitrogen and oxygen atoms in total. The van der Waals surface area contributed by atoms with Crippen molar-refractivity contribution in [3.63, 3.8) is 0 Å². The number of nitrogens with two attached hydrogens (primary N) is 2. The van der Waals surface area contributed by atoms with Crippen molar-refractivity contribution in [1.82, 2.24) is 0 Å². The van der Waals surface area contributed by atoms with Gasteiger partial charge in [-0.1, -0.05) is 6.42 Å². The van der Waals surface area contributed by atoms with E-state index in [4.69, 9.17) is 11.5 Å². The highest BCUT2D eigenvalue weighted by atomic mass is 35.5. The molecule has 3 rings (SSSR count). The third kappa shape index (κ3) is 3.70. The van der Waals surface area contributed by atoms with Crippen LogP contribution in [0.3, 0.4) is 0 Å². The van der Waals surface area contributed by atoms with Crippen LogP contribution in [0.1, 0.15) is 42.5 Å². The van der Waals surface area contributed by atoms with E-state index in [0.29, 0.717) is 11.8 Å². The molecule has 0 radical (unpaired) electrons. The summed E-state index contributed by atoms with van der Waals surface area (Å²) >= 11 is 0. The van der Waals surface area contributed by atoms with Gasteiger partial charge in [-0.25, -0.2) is 4.39 Å². The Kier molecular flexibility index (Phi) is 5.83. The number of rotatable bonds is 3. The number of amides is 2.